The van der Waals surface area contributed by atoms with Gasteiger partial charge in [-0.25, -0.2) is 4.79 Å². The summed E-state index contributed by atoms with van der Waals surface area (Å²) in [6.07, 6.45) is 0.353. The summed E-state index contributed by atoms with van der Waals surface area (Å²) in [5.74, 6) is -2.64. The van der Waals surface area contributed by atoms with Crippen LogP contribution in [0.4, 0.5) is 13.2 Å². The van der Waals surface area contributed by atoms with Gasteiger partial charge < -0.3 is 19.5 Å². The summed E-state index contributed by atoms with van der Waals surface area (Å²) in [6.45, 7) is 1.77. The first-order chi connectivity index (χ1) is 14.8. The third-order valence-electron chi connectivity index (χ3n) is 4.96. The summed E-state index contributed by atoms with van der Waals surface area (Å²) in [5.41, 5.74) is 1.06. The molecule has 3 atom stereocenters. The number of morpholine rings is 1. The predicted octanol–water partition coefficient (Wildman–Crippen LogP) is 3.37. The van der Waals surface area contributed by atoms with Gasteiger partial charge in [-0.1, -0.05) is 12.1 Å². The van der Waals surface area contributed by atoms with Crippen molar-refractivity contribution in [3.8, 4) is 0 Å². The minimum atomic E-state index is -5.08. The van der Waals surface area contributed by atoms with Crippen LogP contribution < -0.4 is 0 Å². The summed E-state index contributed by atoms with van der Waals surface area (Å²) >= 11 is 1.50. The largest absolute Gasteiger partial charge is 0.490 e. The SMILES string of the molecule is O=C(O)C(F)(F)F.O=C(c1cccs1)N1CCO[C@H]2[C@@H](OCc3cccnc3)CC[C@@H]21. The number of halogens is 3. The molecule has 0 spiro atoms. The average molecular weight is 458 g/mol. The Morgan fingerprint density at radius 1 is 1.29 bits per heavy atom. The molecule has 1 N–H and O–H groups in total. The van der Waals surface area contributed by atoms with Crippen LogP contribution >= 0.6 is 11.3 Å². The Morgan fingerprint density at radius 3 is 2.68 bits per heavy atom. The van der Waals surface area contributed by atoms with Crippen LogP contribution in [0, 0.1) is 0 Å². The van der Waals surface area contributed by atoms with Crippen LogP contribution in [-0.4, -0.2) is 64.4 Å². The average Bonchev–Trinajstić information content (AvgIpc) is 3.42. The Morgan fingerprint density at radius 2 is 2.06 bits per heavy atom. The molecule has 0 radical (unpaired) electrons. The number of carbonyl (C=O) groups is 2. The van der Waals surface area contributed by atoms with Gasteiger partial charge in [0.1, 0.15) is 6.10 Å². The van der Waals surface area contributed by atoms with E-state index in [9.17, 15) is 18.0 Å². The molecule has 1 saturated carbocycles. The van der Waals surface area contributed by atoms with Crippen molar-refractivity contribution in [1.82, 2.24) is 9.88 Å². The van der Waals surface area contributed by atoms with Crippen molar-refractivity contribution in [1.29, 1.82) is 0 Å². The zero-order valence-electron chi connectivity index (χ0n) is 16.3. The summed E-state index contributed by atoms with van der Waals surface area (Å²) in [6, 6.07) is 7.85. The zero-order chi connectivity index (χ0) is 22.4. The summed E-state index contributed by atoms with van der Waals surface area (Å²) in [7, 11) is 0. The first-order valence-corrected chi connectivity index (χ1v) is 10.4. The van der Waals surface area contributed by atoms with E-state index in [1.54, 1.807) is 6.20 Å². The number of thiophene rings is 1. The van der Waals surface area contributed by atoms with Crippen LogP contribution in [0.2, 0.25) is 0 Å². The van der Waals surface area contributed by atoms with E-state index in [-0.39, 0.29) is 24.2 Å². The number of pyridine rings is 1. The van der Waals surface area contributed by atoms with Crippen LogP contribution in [-0.2, 0) is 20.9 Å². The standard InChI is InChI=1S/C18H20N2O3S.C2HF3O2/c21-18(16-4-2-10-24-16)20-8-9-22-17-14(20)5-6-15(17)23-12-13-3-1-7-19-11-13;3-2(4,5)1(6)7/h1-4,7,10-11,14-15,17H,5-6,8-9,12H2;(H,6,7)/t14-,15-,17+;/m0./s1. The second-order valence-electron chi connectivity index (χ2n) is 6.97. The molecule has 7 nitrogen and oxygen atoms in total. The Hall–Kier alpha value is -2.50. The summed E-state index contributed by atoms with van der Waals surface area (Å²) in [5, 5.41) is 9.07. The summed E-state index contributed by atoms with van der Waals surface area (Å²) < 4.78 is 43.8. The molecule has 31 heavy (non-hydrogen) atoms. The number of amides is 1. The number of hydrogen-bond acceptors (Lipinski definition) is 6. The molecule has 2 aromatic heterocycles. The van der Waals surface area contributed by atoms with Crippen LogP contribution in [0.25, 0.3) is 0 Å². The van der Waals surface area contributed by atoms with Crippen molar-refractivity contribution in [2.24, 2.45) is 0 Å². The van der Waals surface area contributed by atoms with Crippen molar-refractivity contribution in [3.63, 3.8) is 0 Å². The van der Waals surface area contributed by atoms with E-state index in [0.717, 1.165) is 23.3 Å². The van der Waals surface area contributed by atoms with Crippen molar-refractivity contribution in [3.05, 3.63) is 52.5 Å². The van der Waals surface area contributed by atoms with Gasteiger partial charge in [-0.05, 0) is 35.9 Å². The lowest BCUT2D eigenvalue weighted by atomic mass is 10.1. The number of rotatable bonds is 4. The van der Waals surface area contributed by atoms with Crippen molar-refractivity contribution < 1.29 is 37.3 Å². The van der Waals surface area contributed by atoms with Gasteiger partial charge in [0, 0.05) is 18.9 Å². The topological polar surface area (TPSA) is 89.0 Å². The summed E-state index contributed by atoms with van der Waals surface area (Å²) in [4.78, 5) is 28.5. The number of carboxylic acids is 1. The van der Waals surface area contributed by atoms with Crippen molar-refractivity contribution in [2.45, 2.75) is 43.9 Å². The Bertz CT molecular complexity index is 863. The van der Waals surface area contributed by atoms with Crippen molar-refractivity contribution in [2.75, 3.05) is 13.2 Å². The molecule has 168 valence electrons. The second kappa shape index (κ2) is 10.2. The van der Waals surface area contributed by atoms with Crippen LogP contribution in [0.5, 0.6) is 0 Å². The Kier molecular flexibility index (Phi) is 7.63. The fourth-order valence-electron chi connectivity index (χ4n) is 3.57. The Balaban J connectivity index is 0.000000339. The number of aromatic nitrogens is 1. The number of aliphatic carboxylic acids is 1. The van der Waals surface area contributed by atoms with Gasteiger partial charge in [-0.15, -0.1) is 11.3 Å². The van der Waals surface area contributed by atoms with E-state index in [0.29, 0.717) is 19.8 Å². The van der Waals surface area contributed by atoms with Crippen molar-refractivity contribution >= 4 is 23.2 Å². The van der Waals surface area contributed by atoms with Gasteiger partial charge in [0.2, 0.25) is 0 Å². The fourth-order valence-corrected chi connectivity index (χ4v) is 4.25. The molecule has 1 amide bonds. The number of carbonyl (C=O) groups excluding carboxylic acids is 1. The molecule has 2 aromatic rings. The fraction of sp³-hybridized carbons (Fsp3) is 0.450. The molecule has 1 aliphatic heterocycles. The molecule has 0 bridgehead atoms. The number of carboxylic acid groups (broad SMARTS) is 1. The lowest BCUT2D eigenvalue weighted by Crippen LogP contribution is -2.53. The molecule has 1 saturated heterocycles. The van der Waals surface area contributed by atoms with Crippen LogP contribution in [0.15, 0.2) is 42.0 Å². The van der Waals surface area contributed by atoms with E-state index < -0.39 is 12.1 Å². The molecule has 0 unspecified atom stereocenters. The molecule has 1 aliphatic carbocycles. The highest BCUT2D eigenvalue weighted by atomic mass is 32.1. The van der Waals surface area contributed by atoms with Gasteiger partial charge in [-0.2, -0.15) is 13.2 Å². The molecular formula is C20H21F3N2O5S. The van der Waals surface area contributed by atoms with Crippen LogP contribution in [0.1, 0.15) is 28.1 Å². The van der Waals surface area contributed by atoms with E-state index >= 15 is 0 Å². The molecule has 0 aromatic carbocycles. The lowest BCUT2D eigenvalue weighted by molar-refractivity contribution is -0.192. The Labute approximate surface area is 180 Å². The molecular weight excluding hydrogens is 437 g/mol. The zero-order valence-corrected chi connectivity index (χ0v) is 17.1. The maximum absolute atomic E-state index is 12.7. The van der Waals surface area contributed by atoms with Gasteiger partial charge in [0.05, 0.1) is 30.2 Å². The lowest BCUT2D eigenvalue weighted by Gasteiger charge is -2.38. The maximum Gasteiger partial charge on any atom is 0.490 e. The van der Waals surface area contributed by atoms with Crippen LogP contribution in [0.3, 0.4) is 0 Å². The molecule has 2 fully saturated rings. The smallest absolute Gasteiger partial charge is 0.475 e. The first kappa shape index (κ1) is 23.2. The molecule has 11 heteroatoms. The highest BCUT2D eigenvalue weighted by Gasteiger charge is 2.45. The quantitative estimate of drug-likeness (QED) is 0.756. The number of hydrogen-bond donors (Lipinski definition) is 1. The number of alkyl halides is 3. The van der Waals surface area contributed by atoms with E-state index in [1.165, 1.54) is 11.3 Å². The monoisotopic (exact) mass is 458 g/mol. The molecule has 2 aliphatic rings. The number of ether oxygens (including phenoxy) is 2. The number of fused-ring (bicyclic) bond motifs is 1. The van der Waals surface area contributed by atoms with Gasteiger partial charge in [-0.3, -0.25) is 9.78 Å². The third kappa shape index (κ3) is 6.02. The van der Waals surface area contributed by atoms with Gasteiger partial charge >= 0.3 is 12.1 Å². The molecule has 3 heterocycles. The van der Waals surface area contributed by atoms with E-state index in [2.05, 4.69) is 4.98 Å². The minimum absolute atomic E-state index is 0.0284. The van der Waals surface area contributed by atoms with Gasteiger partial charge in [0.25, 0.3) is 5.91 Å². The first-order valence-electron chi connectivity index (χ1n) is 9.54. The van der Waals surface area contributed by atoms with Gasteiger partial charge in [0.15, 0.2) is 0 Å². The normalized spacial score (nSPS) is 22.9. The number of nitrogens with zero attached hydrogens (tertiary/aromatic N) is 2. The predicted molar refractivity (Wildman–Crippen MR) is 105 cm³/mol. The van der Waals surface area contributed by atoms with E-state index in [1.807, 2.05) is 40.7 Å². The second-order valence-corrected chi connectivity index (χ2v) is 7.92. The van der Waals surface area contributed by atoms with E-state index in [4.69, 9.17) is 19.4 Å². The maximum atomic E-state index is 12.7. The highest BCUT2D eigenvalue weighted by Crippen LogP contribution is 2.33. The molecule has 4 rings (SSSR count). The third-order valence-corrected chi connectivity index (χ3v) is 5.82. The minimum Gasteiger partial charge on any atom is -0.475 e. The highest BCUT2D eigenvalue weighted by molar-refractivity contribution is 7.12.